The Morgan fingerprint density at radius 3 is 2.60 bits per heavy atom. The lowest BCUT2D eigenvalue weighted by Crippen LogP contribution is -2.17. The maximum atomic E-state index is 5.41. The molecule has 0 aromatic carbocycles. The predicted octanol–water partition coefficient (Wildman–Crippen LogP) is 2.60. The molecule has 1 aliphatic heterocycles. The molecule has 0 atom stereocenters. The second-order valence-corrected chi connectivity index (χ2v) is 3.98. The van der Waals surface area contributed by atoms with Crippen molar-refractivity contribution in [3.05, 3.63) is 0 Å². The Bertz CT molecular complexity index is 86.9. The highest BCUT2D eigenvalue weighted by molar-refractivity contribution is 4.69. The van der Waals surface area contributed by atoms with E-state index in [-0.39, 0.29) is 0 Å². The van der Waals surface area contributed by atoms with Crippen LogP contribution < -0.4 is 0 Å². The maximum absolute atomic E-state index is 5.41. The molecule has 0 aromatic heterocycles. The van der Waals surface area contributed by atoms with Crippen molar-refractivity contribution in [2.24, 2.45) is 5.41 Å². The zero-order valence-corrected chi connectivity index (χ0v) is 7.15. The van der Waals surface area contributed by atoms with Crippen molar-refractivity contribution in [2.45, 2.75) is 39.5 Å². The molecule has 1 saturated heterocycles. The Morgan fingerprint density at radius 1 is 1.00 bits per heavy atom. The van der Waals surface area contributed by atoms with Crippen LogP contribution >= 0.6 is 0 Å². The summed E-state index contributed by atoms with van der Waals surface area (Å²) in [5.41, 5.74) is 0.528. The molecular formula is C9H18O. The maximum Gasteiger partial charge on any atom is 0.0471 e. The van der Waals surface area contributed by atoms with Crippen LogP contribution in [0.15, 0.2) is 0 Å². The summed E-state index contributed by atoms with van der Waals surface area (Å²) in [7, 11) is 0. The minimum atomic E-state index is 0.528. The number of rotatable bonds is 0. The monoisotopic (exact) mass is 142 g/mol. The molecule has 0 unspecified atom stereocenters. The van der Waals surface area contributed by atoms with Crippen LogP contribution in [0.1, 0.15) is 39.5 Å². The molecule has 1 nitrogen and oxygen atoms in total. The summed E-state index contributed by atoms with van der Waals surface area (Å²) in [6.45, 7) is 6.62. The molecule has 0 aromatic rings. The second kappa shape index (κ2) is 3.38. The van der Waals surface area contributed by atoms with Crippen LogP contribution in [0, 0.1) is 5.41 Å². The van der Waals surface area contributed by atoms with E-state index in [0.29, 0.717) is 5.41 Å². The lowest BCUT2D eigenvalue weighted by atomic mass is 9.84. The van der Waals surface area contributed by atoms with E-state index < -0.39 is 0 Å². The van der Waals surface area contributed by atoms with Crippen molar-refractivity contribution in [1.82, 2.24) is 0 Å². The Kier molecular flexibility index (Phi) is 2.72. The van der Waals surface area contributed by atoms with Crippen LogP contribution in [0.5, 0.6) is 0 Å². The van der Waals surface area contributed by atoms with Crippen molar-refractivity contribution in [3.8, 4) is 0 Å². The van der Waals surface area contributed by atoms with Gasteiger partial charge in [-0.05, 0) is 24.7 Å². The first-order valence-corrected chi connectivity index (χ1v) is 4.28. The fourth-order valence-corrected chi connectivity index (χ4v) is 1.38. The molecule has 10 heavy (non-hydrogen) atoms. The fraction of sp³-hybridized carbons (Fsp3) is 1.00. The van der Waals surface area contributed by atoms with E-state index in [0.717, 1.165) is 13.2 Å². The predicted molar refractivity (Wildman–Crippen MR) is 43.1 cm³/mol. The van der Waals surface area contributed by atoms with Gasteiger partial charge in [0.15, 0.2) is 0 Å². The van der Waals surface area contributed by atoms with Gasteiger partial charge in [0.05, 0.1) is 0 Å². The van der Waals surface area contributed by atoms with Crippen LogP contribution in [0.2, 0.25) is 0 Å². The summed E-state index contributed by atoms with van der Waals surface area (Å²) < 4.78 is 5.41. The van der Waals surface area contributed by atoms with Gasteiger partial charge in [-0.3, -0.25) is 0 Å². The molecule has 0 spiro atoms. The highest BCUT2D eigenvalue weighted by atomic mass is 16.5. The highest BCUT2D eigenvalue weighted by Gasteiger charge is 2.18. The zero-order chi connectivity index (χ0) is 7.45. The standard InChI is InChI=1S/C9H18O/c1-9(2)5-3-4-7-10-8-6-9/h3-8H2,1-2H3. The normalized spacial score (nSPS) is 27.0. The molecule has 0 amide bonds. The van der Waals surface area contributed by atoms with Gasteiger partial charge >= 0.3 is 0 Å². The van der Waals surface area contributed by atoms with Crippen LogP contribution in [0.4, 0.5) is 0 Å². The zero-order valence-electron chi connectivity index (χ0n) is 7.15. The first-order valence-electron chi connectivity index (χ1n) is 4.28. The molecule has 0 N–H and O–H groups in total. The number of hydrogen-bond acceptors (Lipinski definition) is 1. The van der Waals surface area contributed by atoms with Gasteiger partial charge < -0.3 is 4.74 Å². The molecule has 1 aliphatic rings. The van der Waals surface area contributed by atoms with Crippen LogP contribution in [0.25, 0.3) is 0 Å². The largest absolute Gasteiger partial charge is 0.381 e. The number of hydrogen-bond donors (Lipinski definition) is 0. The van der Waals surface area contributed by atoms with Crippen molar-refractivity contribution < 1.29 is 4.74 Å². The Balaban J connectivity index is 2.30. The van der Waals surface area contributed by atoms with Gasteiger partial charge in [-0.2, -0.15) is 0 Å². The van der Waals surface area contributed by atoms with Gasteiger partial charge in [0, 0.05) is 13.2 Å². The number of ether oxygens (including phenoxy) is 1. The first-order chi connectivity index (χ1) is 4.71. The SMILES string of the molecule is CC1(C)CCCCOCC1. The van der Waals surface area contributed by atoms with Crippen LogP contribution in [-0.4, -0.2) is 13.2 Å². The quantitative estimate of drug-likeness (QED) is 0.505. The van der Waals surface area contributed by atoms with Crippen LogP contribution in [-0.2, 0) is 4.74 Å². The molecule has 60 valence electrons. The molecule has 1 fully saturated rings. The average molecular weight is 142 g/mol. The summed E-state index contributed by atoms with van der Waals surface area (Å²) in [6.07, 6.45) is 5.19. The summed E-state index contributed by atoms with van der Waals surface area (Å²) in [4.78, 5) is 0. The Morgan fingerprint density at radius 2 is 1.80 bits per heavy atom. The summed E-state index contributed by atoms with van der Waals surface area (Å²) in [5.74, 6) is 0. The lowest BCUT2D eigenvalue weighted by Gasteiger charge is -2.26. The minimum absolute atomic E-state index is 0.528. The molecule has 1 heterocycles. The van der Waals surface area contributed by atoms with Gasteiger partial charge in [0.2, 0.25) is 0 Å². The van der Waals surface area contributed by atoms with Gasteiger partial charge in [-0.15, -0.1) is 0 Å². The fourth-order valence-electron chi connectivity index (χ4n) is 1.38. The van der Waals surface area contributed by atoms with E-state index in [1.54, 1.807) is 0 Å². The van der Waals surface area contributed by atoms with E-state index in [1.807, 2.05) is 0 Å². The van der Waals surface area contributed by atoms with Gasteiger partial charge in [0.1, 0.15) is 0 Å². The molecule has 0 bridgehead atoms. The second-order valence-electron chi connectivity index (χ2n) is 3.98. The van der Waals surface area contributed by atoms with Crippen molar-refractivity contribution >= 4 is 0 Å². The lowest BCUT2D eigenvalue weighted by molar-refractivity contribution is 0.0781. The highest BCUT2D eigenvalue weighted by Crippen LogP contribution is 2.28. The van der Waals surface area contributed by atoms with E-state index in [9.17, 15) is 0 Å². The van der Waals surface area contributed by atoms with Gasteiger partial charge in [-0.25, -0.2) is 0 Å². The third-order valence-corrected chi connectivity index (χ3v) is 2.32. The topological polar surface area (TPSA) is 9.23 Å². The summed E-state index contributed by atoms with van der Waals surface area (Å²) in [5, 5.41) is 0. The van der Waals surface area contributed by atoms with Gasteiger partial charge in [-0.1, -0.05) is 20.3 Å². The molecule has 0 radical (unpaired) electrons. The van der Waals surface area contributed by atoms with E-state index in [4.69, 9.17) is 4.74 Å². The molecular weight excluding hydrogens is 124 g/mol. The first kappa shape index (κ1) is 8.06. The Labute approximate surface area is 63.8 Å². The van der Waals surface area contributed by atoms with E-state index in [2.05, 4.69) is 13.8 Å². The summed E-state index contributed by atoms with van der Waals surface area (Å²) >= 11 is 0. The van der Waals surface area contributed by atoms with Gasteiger partial charge in [0.25, 0.3) is 0 Å². The third-order valence-electron chi connectivity index (χ3n) is 2.32. The average Bonchev–Trinajstić information content (AvgIpc) is 1.81. The van der Waals surface area contributed by atoms with Crippen molar-refractivity contribution in [2.75, 3.05) is 13.2 Å². The van der Waals surface area contributed by atoms with Crippen LogP contribution in [0.3, 0.4) is 0 Å². The molecule has 0 aliphatic carbocycles. The van der Waals surface area contributed by atoms with E-state index in [1.165, 1.54) is 25.7 Å². The third kappa shape index (κ3) is 2.70. The molecule has 0 saturated carbocycles. The summed E-state index contributed by atoms with van der Waals surface area (Å²) in [6, 6.07) is 0. The van der Waals surface area contributed by atoms with Crippen molar-refractivity contribution in [3.63, 3.8) is 0 Å². The minimum Gasteiger partial charge on any atom is -0.381 e. The molecule has 1 rings (SSSR count). The smallest absolute Gasteiger partial charge is 0.0471 e. The van der Waals surface area contributed by atoms with Crippen molar-refractivity contribution in [1.29, 1.82) is 0 Å². The Hall–Kier alpha value is -0.0400. The van der Waals surface area contributed by atoms with E-state index >= 15 is 0 Å². The molecule has 1 heteroatoms.